The number of halogens is 1. The molecule has 1 aromatic heterocycles. The number of aromatic nitrogens is 1. The van der Waals surface area contributed by atoms with Crippen molar-refractivity contribution in [1.29, 1.82) is 0 Å². The molecule has 2 aromatic rings. The number of hydrogen-bond donors (Lipinski definition) is 1. The van der Waals surface area contributed by atoms with E-state index < -0.39 is 0 Å². The molecule has 0 aliphatic heterocycles. The van der Waals surface area contributed by atoms with Crippen LogP contribution < -0.4 is 0 Å². The molecule has 0 fully saturated rings. The summed E-state index contributed by atoms with van der Waals surface area (Å²) in [6, 6.07) is 6.37. The largest absolute Gasteiger partial charge is 0.358 e. The summed E-state index contributed by atoms with van der Waals surface area (Å²) in [5, 5.41) is 1.32. The minimum atomic E-state index is 0.557. The summed E-state index contributed by atoms with van der Waals surface area (Å²) >= 11 is 3.50. The van der Waals surface area contributed by atoms with E-state index >= 15 is 0 Å². The summed E-state index contributed by atoms with van der Waals surface area (Å²) in [5.74, 6) is 0.557. The number of benzene rings is 1. The Bertz CT molecular complexity index is 468. The molecule has 1 N–H and O–H groups in total. The average molecular weight is 252 g/mol. The Balaban J connectivity index is 2.74. The standard InChI is InChI=1S/C12H14BrN/c1-7(2)12-8(3)10-6-9(13)4-5-11(10)14-12/h4-7,14H,1-3H3. The first-order chi connectivity index (χ1) is 6.59. The lowest BCUT2D eigenvalue weighted by molar-refractivity contribution is 0.828. The molecule has 2 heteroatoms. The van der Waals surface area contributed by atoms with E-state index in [2.05, 4.69) is 59.9 Å². The number of aryl methyl sites for hydroxylation is 1. The molecule has 0 aliphatic rings. The summed E-state index contributed by atoms with van der Waals surface area (Å²) in [6.07, 6.45) is 0. The van der Waals surface area contributed by atoms with Crippen LogP contribution in [0.2, 0.25) is 0 Å². The van der Waals surface area contributed by atoms with Gasteiger partial charge in [-0.05, 0) is 36.6 Å². The lowest BCUT2D eigenvalue weighted by Crippen LogP contribution is -1.88. The fourth-order valence-electron chi connectivity index (χ4n) is 1.90. The number of fused-ring (bicyclic) bond motifs is 1. The monoisotopic (exact) mass is 251 g/mol. The van der Waals surface area contributed by atoms with Crippen LogP contribution in [-0.2, 0) is 0 Å². The van der Waals surface area contributed by atoms with Gasteiger partial charge in [-0.15, -0.1) is 0 Å². The van der Waals surface area contributed by atoms with Gasteiger partial charge in [0.25, 0.3) is 0 Å². The molecule has 2 rings (SSSR count). The van der Waals surface area contributed by atoms with Gasteiger partial charge in [-0.3, -0.25) is 0 Å². The Morgan fingerprint density at radius 3 is 2.64 bits per heavy atom. The van der Waals surface area contributed by atoms with Gasteiger partial charge in [0.05, 0.1) is 0 Å². The molecule has 1 heterocycles. The second kappa shape index (κ2) is 3.43. The third kappa shape index (κ3) is 1.48. The number of rotatable bonds is 1. The second-order valence-electron chi connectivity index (χ2n) is 4.01. The van der Waals surface area contributed by atoms with Gasteiger partial charge in [0.2, 0.25) is 0 Å². The first-order valence-corrected chi connectivity index (χ1v) is 5.66. The molecule has 14 heavy (non-hydrogen) atoms. The Morgan fingerprint density at radius 1 is 1.29 bits per heavy atom. The van der Waals surface area contributed by atoms with E-state index in [1.165, 1.54) is 22.2 Å². The fourth-order valence-corrected chi connectivity index (χ4v) is 2.26. The Hall–Kier alpha value is -0.760. The normalized spacial score (nSPS) is 11.5. The van der Waals surface area contributed by atoms with Crippen molar-refractivity contribution in [3.8, 4) is 0 Å². The minimum Gasteiger partial charge on any atom is -0.358 e. The lowest BCUT2D eigenvalue weighted by atomic mass is 10.1. The SMILES string of the molecule is Cc1c(C(C)C)[nH]c2ccc(Br)cc12. The fraction of sp³-hybridized carbons (Fsp3) is 0.333. The van der Waals surface area contributed by atoms with Crippen molar-refractivity contribution in [2.24, 2.45) is 0 Å². The van der Waals surface area contributed by atoms with E-state index in [-0.39, 0.29) is 0 Å². The molecule has 0 unspecified atom stereocenters. The highest BCUT2D eigenvalue weighted by atomic mass is 79.9. The Labute approximate surface area is 92.6 Å². The van der Waals surface area contributed by atoms with Crippen molar-refractivity contribution in [2.75, 3.05) is 0 Å². The number of H-pyrrole nitrogens is 1. The summed E-state index contributed by atoms with van der Waals surface area (Å²) in [5.41, 5.74) is 3.95. The molecule has 0 saturated heterocycles. The van der Waals surface area contributed by atoms with Crippen molar-refractivity contribution in [2.45, 2.75) is 26.7 Å². The van der Waals surface area contributed by atoms with E-state index in [1.807, 2.05) is 0 Å². The van der Waals surface area contributed by atoms with Crippen LogP contribution in [0.25, 0.3) is 10.9 Å². The molecule has 74 valence electrons. The Morgan fingerprint density at radius 2 is 2.00 bits per heavy atom. The maximum absolute atomic E-state index is 3.50. The molecule has 0 atom stereocenters. The second-order valence-corrected chi connectivity index (χ2v) is 4.92. The third-order valence-corrected chi connectivity index (χ3v) is 3.13. The van der Waals surface area contributed by atoms with Gasteiger partial charge in [0, 0.05) is 21.1 Å². The Kier molecular flexibility index (Phi) is 2.40. The van der Waals surface area contributed by atoms with E-state index in [1.54, 1.807) is 0 Å². The van der Waals surface area contributed by atoms with Crippen LogP contribution >= 0.6 is 15.9 Å². The van der Waals surface area contributed by atoms with E-state index in [9.17, 15) is 0 Å². The van der Waals surface area contributed by atoms with Crippen LogP contribution in [0.5, 0.6) is 0 Å². The quantitative estimate of drug-likeness (QED) is 0.776. The van der Waals surface area contributed by atoms with E-state index in [0.717, 1.165) is 4.47 Å². The summed E-state index contributed by atoms with van der Waals surface area (Å²) < 4.78 is 1.14. The first kappa shape index (κ1) is 9.78. The minimum absolute atomic E-state index is 0.557. The molecule has 0 radical (unpaired) electrons. The first-order valence-electron chi connectivity index (χ1n) is 4.87. The van der Waals surface area contributed by atoms with E-state index in [0.29, 0.717) is 5.92 Å². The molecular formula is C12H14BrN. The van der Waals surface area contributed by atoms with Crippen LogP contribution in [0, 0.1) is 6.92 Å². The van der Waals surface area contributed by atoms with E-state index in [4.69, 9.17) is 0 Å². The molecule has 0 amide bonds. The average Bonchev–Trinajstić information content (AvgIpc) is 2.44. The number of nitrogens with one attached hydrogen (secondary N) is 1. The van der Waals surface area contributed by atoms with Crippen molar-refractivity contribution in [1.82, 2.24) is 4.98 Å². The van der Waals surface area contributed by atoms with Gasteiger partial charge in [-0.2, -0.15) is 0 Å². The van der Waals surface area contributed by atoms with Crippen molar-refractivity contribution < 1.29 is 0 Å². The molecule has 1 aromatic carbocycles. The van der Waals surface area contributed by atoms with Crippen LogP contribution in [0.4, 0.5) is 0 Å². The number of hydrogen-bond acceptors (Lipinski definition) is 0. The highest BCUT2D eigenvalue weighted by molar-refractivity contribution is 9.10. The molecule has 0 bridgehead atoms. The van der Waals surface area contributed by atoms with Crippen LogP contribution in [0.3, 0.4) is 0 Å². The van der Waals surface area contributed by atoms with Gasteiger partial charge in [-0.25, -0.2) is 0 Å². The highest BCUT2D eigenvalue weighted by Gasteiger charge is 2.09. The van der Waals surface area contributed by atoms with Gasteiger partial charge in [0.1, 0.15) is 0 Å². The summed E-state index contributed by atoms with van der Waals surface area (Å²) in [4.78, 5) is 3.47. The lowest BCUT2D eigenvalue weighted by Gasteiger charge is -2.02. The molecule has 1 nitrogen and oxygen atoms in total. The molecule has 0 saturated carbocycles. The van der Waals surface area contributed by atoms with Gasteiger partial charge in [-0.1, -0.05) is 29.8 Å². The maximum atomic E-state index is 3.50. The van der Waals surface area contributed by atoms with Crippen LogP contribution in [0.15, 0.2) is 22.7 Å². The predicted octanol–water partition coefficient (Wildman–Crippen LogP) is 4.36. The summed E-state index contributed by atoms with van der Waals surface area (Å²) in [7, 11) is 0. The van der Waals surface area contributed by atoms with Crippen molar-refractivity contribution in [3.63, 3.8) is 0 Å². The maximum Gasteiger partial charge on any atom is 0.0459 e. The third-order valence-electron chi connectivity index (χ3n) is 2.64. The predicted molar refractivity (Wildman–Crippen MR) is 64.8 cm³/mol. The topological polar surface area (TPSA) is 15.8 Å². The smallest absolute Gasteiger partial charge is 0.0459 e. The molecular weight excluding hydrogens is 238 g/mol. The van der Waals surface area contributed by atoms with Crippen molar-refractivity contribution >= 4 is 26.8 Å². The van der Waals surface area contributed by atoms with Crippen LogP contribution in [0.1, 0.15) is 31.0 Å². The zero-order valence-corrected chi connectivity index (χ0v) is 10.3. The molecule has 0 spiro atoms. The molecule has 0 aliphatic carbocycles. The number of aromatic amines is 1. The van der Waals surface area contributed by atoms with Crippen molar-refractivity contribution in [3.05, 3.63) is 33.9 Å². The van der Waals surface area contributed by atoms with Gasteiger partial charge >= 0.3 is 0 Å². The highest BCUT2D eigenvalue weighted by Crippen LogP contribution is 2.28. The summed E-state index contributed by atoms with van der Waals surface area (Å²) in [6.45, 7) is 6.61. The van der Waals surface area contributed by atoms with Gasteiger partial charge < -0.3 is 4.98 Å². The van der Waals surface area contributed by atoms with Crippen LogP contribution in [-0.4, -0.2) is 4.98 Å². The zero-order chi connectivity index (χ0) is 10.3. The zero-order valence-electron chi connectivity index (χ0n) is 8.69. The van der Waals surface area contributed by atoms with Gasteiger partial charge in [0.15, 0.2) is 0 Å².